The van der Waals surface area contributed by atoms with Crippen molar-refractivity contribution in [2.75, 3.05) is 75.0 Å². The average molecular weight is 670 g/mol. The van der Waals surface area contributed by atoms with Gasteiger partial charge in [0.2, 0.25) is 5.96 Å². The number of allylic oxidation sites excluding steroid dienone is 2. The molecule has 5 rings (SSSR count). The number of piperazine rings is 1. The Bertz CT molecular complexity index is 1640. The predicted molar refractivity (Wildman–Crippen MR) is 206 cm³/mol. The van der Waals surface area contributed by atoms with Crippen LogP contribution >= 0.6 is 11.9 Å². The van der Waals surface area contributed by atoms with E-state index >= 15 is 0 Å². The molecule has 48 heavy (non-hydrogen) atoms. The Hall–Kier alpha value is -3.93. The van der Waals surface area contributed by atoms with E-state index in [9.17, 15) is 0 Å². The predicted octanol–water partition coefficient (Wildman–Crippen LogP) is 6.61. The highest BCUT2D eigenvalue weighted by molar-refractivity contribution is 8.01. The first-order valence-electron chi connectivity index (χ1n) is 16.9. The molecule has 0 saturated carbocycles. The number of likely N-dealkylation sites (N-methyl/N-ethyl adjacent to an activating group) is 1. The van der Waals surface area contributed by atoms with E-state index in [2.05, 4.69) is 99.6 Å². The molecule has 0 radical (unpaired) electrons. The third-order valence-electron chi connectivity index (χ3n) is 9.19. The summed E-state index contributed by atoms with van der Waals surface area (Å²) < 4.78 is 8.06. The van der Waals surface area contributed by atoms with Gasteiger partial charge >= 0.3 is 0 Å². The summed E-state index contributed by atoms with van der Waals surface area (Å²) in [5, 5.41) is 3.76. The lowest BCUT2D eigenvalue weighted by molar-refractivity contribution is 0.0982. The number of benzene rings is 2. The summed E-state index contributed by atoms with van der Waals surface area (Å²) in [4.78, 5) is 25.8. The van der Waals surface area contributed by atoms with Gasteiger partial charge in [0.1, 0.15) is 11.3 Å². The van der Waals surface area contributed by atoms with E-state index in [0.29, 0.717) is 17.3 Å². The second-order valence-electron chi connectivity index (χ2n) is 12.7. The highest BCUT2D eigenvalue weighted by atomic mass is 32.2. The summed E-state index contributed by atoms with van der Waals surface area (Å²) in [5.74, 6) is 1.11. The zero-order valence-corrected chi connectivity index (χ0v) is 30.3. The fraction of sp³-hybridized carbons (Fsp3) is 0.459. The second kappa shape index (κ2) is 16.5. The Balaban J connectivity index is 1.39. The lowest BCUT2D eigenvalue weighted by Gasteiger charge is -2.43. The van der Waals surface area contributed by atoms with Gasteiger partial charge in [-0.15, -0.1) is 0 Å². The molecule has 1 aromatic heterocycles. The van der Waals surface area contributed by atoms with Crippen LogP contribution in [0, 0.1) is 0 Å². The fourth-order valence-corrected chi connectivity index (χ4v) is 7.58. The van der Waals surface area contributed by atoms with Crippen molar-refractivity contribution in [2.45, 2.75) is 51.3 Å². The van der Waals surface area contributed by atoms with Crippen LogP contribution in [-0.2, 0) is 6.42 Å². The summed E-state index contributed by atoms with van der Waals surface area (Å²) in [6, 6.07) is 9.02. The summed E-state index contributed by atoms with van der Waals surface area (Å²) in [5.41, 5.74) is 7.69. The fourth-order valence-electron chi connectivity index (χ4n) is 6.66. The molecule has 0 spiro atoms. The zero-order valence-electron chi connectivity index (χ0n) is 29.4. The molecule has 256 valence electrons. The first kappa shape index (κ1) is 35.4. The van der Waals surface area contributed by atoms with Gasteiger partial charge in [0, 0.05) is 99.1 Å². The number of methoxy groups -OCH3 is 1. The number of aliphatic imine (C=N–C) groups is 2. The number of hydrogen-bond donors (Lipinski definition) is 1. The maximum Gasteiger partial charge on any atom is 0.226 e. The van der Waals surface area contributed by atoms with Crippen LogP contribution in [0.15, 0.2) is 65.5 Å². The smallest absolute Gasteiger partial charge is 0.226 e. The van der Waals surface area contributed by atoms with Gasteiger partial charge in [0.25, 0.3) is 0 Å². The van der Waals surface area contributed by atoms with Crippen molar-refractivity contribution in [2.24, 2.45) is 9.98 Å². The number of aryl methyl sites for hydroxylation is 1. The lowest BCUT2D eigenvalue weighted by atomic mass is 9.99. The Kier molecular flexibility index (Phi) is 12.1. The van der Waals surface area contributed by atoms with Crippen LogP contribution < -0.4 is 19.3 Å². The average Bonchev–Trinajstić information content (AvgIpc) is 3.10. The molecule has 3 heterocycles. The summed E-state index contributed by atoms with van der Waals surface area (Å²) in [7, 11) is 5.98. The van der Waals surface area contributed by atoms with Crippen molar-refractivity contribution in [1.82, 2.24) is 19.8 Å². The first-order valence-corrected chi connectivity index (χ1v) is 17.8. The van der Waals surface area contributed by atoms with Crippen LogP contribution in [0.1, 0.15) is 44.7 Å². The second-order valence-corrected chi connectivity index (χ2v) is 14.4. The molecule has 2 aliphatic heterocycles. The Morgan fingerprint density at radius 1 is 1.12 bits per heavy atom. The number of rotatable bonds is 11. The van der Waals surface area contributed by atoms with E-state index in [1.54, 1.807) is 43.7 Å². The quantitative estimate of drug-likeness (QED) is 0.105. The molecule has 0 atom stereocenters. The topological polar surface area (TPSA) is 84.7 Å². The van der Waals surface area contributed by atoms with Gasteiger partial charge < -0.3 is 24.2 Å². The van der Waals surface area contributed by atoms with Crippen molar-refractivity contribution in [3.63, 3.8) is 0 Å². The summed E-state index contributed by atoms with van der Waals surface area (Å²) in [6.45, 7) is 21.2. The maximum atomic E-state index is 5.91. The number of hydrogen-bond acceptors (Lipinski definition) is 9. The number of piperidine rings is 1. The number of guanidine groups is 1. The third kappa shape index (κ3) is 8.19. The van der Waals surface area contributed by atoms with Crippen LogP contribution in [0.5, 0.6) is 5.75 Å². The molecule has 2 fully saturated rings. The number of anilines is 3. The summed E-state index contributed by atoms with van der Waals surface area (Å²) in [6.07, 6.45) is 10.3. The molecule has 0 amide bonds. The van der Waals surface area contributed by atoms with E-state index in [-0.39, 0.29) is 0 Å². The molecule has 0 aliphatic carbocycles. The van der Waals surface area contributed by atoms with Crippen molar-refractivity contribution in [1.29, 1.82) is 0 Å². The van der Waals surface area contributed by atoms with E-state index in [1.165, 1.54) is 37.2 Å². The molecular weight excluding hydrogens is 619 g/mol. The molecule has 2 aromatic carbocycles. The summed E-state index contributed by atoms with van der Waals surface area (Å²) >= 11 is 1.73. The number of aromatic nitrogens is 2. The van der Waals surface area contributed by atoms with Crippen LogP contribution in [0.25, 0.3) is 16.6 Å². The highest BCUT2D eigenvalue weighted by Gasteiger charge is 2.28. The first-order chi connectivity index (χ1) is 23.3. The van der Waals surface area contributed by atoms with Crippen LogP contribution in [0.3, 0.4) is 0 Å². The van der Waals surface area contributed by atoms with Gasteiger partial charge in [-0.25, -0.2) is 9.98 Å². The van der Waals surface area contributed by atoms with E-state index in [1.807, 2.05) is 12.1 Å². The van der Waals surface area contributed by atoms with E-state index in [0.717, 1.165) is 71.9 Å². The highest BCUT2D eigenvalue weighted by Crippen LogP contribution is 2.38. The van der Waals surface area contributed by atoms with Gasteiger partial charge in [0.15, 0.2) is 0 Å². The minimum atomic E-state index is 0.363. The van der Waals surface area contributed by atoms with Crippen molar-refractivity contribution in [3.8, 4) is 5.75 Å². The van der Waals surface area contributed by atoms with Gasteiger partial charge in [-0.1, -0.05) is 33.4 Å². The number of ether oxygens (including phenoxy) is 1. The van der Waals surface area contributed by atoms with Gasteiger partial charge in [-0.2, -0.15) is 0 Å². The lowest BCUT2D eigenvalue weighted by Crippen LogP contribution is -2.52. The maximum absolute atomic E-state index is 5.91. The van der Waals surface area contributed by atoms with Crippen molar-refractivity contribution in [3.05, 3.63) is 66.6 Å². The standard InChI is InChI=1S/C37H51N9OS/c1-9-27-23-32(34(47-8)24-33(27)46-17-13-29(14-18-46)45-21-19-43(6)20-22-45)42-37(38-5)41-25-28(10-2)30-11-12-31-35(40-16-15-39-31)36(30)44(7)48-26(3)4/h10-12,15-16,23-26,29H,2,5,9,13-14,17-22H2,1,3-4,6-8H3,(H,41,42)/b28-25-. The molecule has 0 unspecified atom stereocenters. The Labute approximate surface area is 290 Å². The SMILES string of the molecule is C=C/C(=C/N=C(\N=C)Nc1cc(CC)c(N2CCC(N3CCN(C)CC3)CC2)cc1OC)c1ccc2nccnc2c1N(C)SC(C)C. The van der Waals surface area contributed by atoms with Gasteiger partial charge in [-0.3, -0.25) is 14.9 Å². The number of nitrogens with one attached hydrogen (secondary N) is 1. The minimum Gasteiger partial charge on any atom is -0.494 e. The minimum absolute atomic E-state index is 0.363. The molecule has 0 bridgehead atoms. The Morgan fingerprint density at radius 2 is 1.85 bits per heavy atom. The largest absolute Gasteiger partial charge is 0.494 e. The van der Waals surface area contributed by atoms with Crippen molar-refractivity contribution < 1.29 is 4.74 Å². The van der Waals surface area contributed by atoms with Crippen LogP contribution in [0.4, 0.5) is 17.1 Å². The molecular formula is C37H51N9OS. The molecule has 2 aliphatic rings. The van der Waals surface area contributed by atoms with Crippen LogP contribution in [0.2, 0.25) is 0 Å². The third-order valence-corrected chi connectivity index (χ3v) is 10.1. The molecule has 1 N–H and O–H groups in total. The number of fused-ring (bicyclic) bond motifs is 1. The molecule has 3 aromatic rings. The monoisotopic (exact) mass is 669 g/mol. The van der Waals surface area contributed by atoms with Crippen LogP contribution in [-0.4, -0.2) is 104 Å². The number of nitrogens with zero attached hydrogens (tertiary/aromatic N) is 8. The molecule has 10 nitrogen and oxygen atoms in total. The molecule has 11 heteroatoms. The van der Waals surface area contributed by atoms with Gasteiger partial charge in [-0.05, 0) is 68.7 Å². The van der Waals surface area contributed by atoms with E-state index in [4.69, 9.17) is 9.73 Å². The Morgan fingerprint density at radius 3 is 2.50 bits per heavy atom. The zero-order chi connectivity index (χ0) is 34.2. The van der Waals surface area contributed by atoms with E-state index < -0.39 is 0 Å². The molecule has 2 saturated heterocycles. The normalized spacial score (nSPS) is 17.2. The van der Waals surface area contributed by atoms with Gasteiger partial charge in [0.05, 0.1) is 24.0 Å². The van der Waals surface area contributed by atoms with Crippen molar-refractivity contribution >= 4 is 58.3 Å².